The van der Waals surface area contributed by atoms with Crippen molar-refractivity contribution in [2.45, 2.75) is 32.2 Å². The molecule has 1 N–H and O–H groups in total. The van der Waals surface area contributed by atoms with Crippen LogP contribution in [0.4, 0.5) is 5.69 Å². The second kappa shape index (κ2) is 9.26. The Morgan fingerprint density at radius 1 is 1.11 bits per heavy atom. The van der Waals surface area contributed by atoms with Gasteiger partial charge in [-0.15, -0.1) is 0 Å². The highest BCUT2D eigenvalue weighted by Crippen LogP contribution is 2.24. The maximum absolute atomic E-state index is 12.5. The van der Waals surface area contributed by atoms with Gasteiger partial charge in [-0.05, 0) is 55.0 Å². The van der Waals surface area contributed by atoms with E-state index >= 15 is 0 Å². The summed E-state index contributed by atoms with van der Waals surface area (Å²) in [7, 11) is 1.60. The van der Waals surface area contributed by atoms with Gasteiger partial charge in [-0.25, -0.2) is 0 Å². The first-order valence-corrected chi connectivity index (χ1v) is 9.59. The van der Waals surface area contributed by atoms with Crippen LogP contribution in [0.25, 0.3) is 0 Å². The van der Waals surface area contributed by atoms with Crippen LogP contribution in [0.1, 0.15) is 36.5 Å². The Bertz CT molecular complexity index is 802. The van der Waals surface area contributed by atoms with Crippen LogP contribution in [0.3, 0.4) is 0 Å². The zero-order valence-corrected chi connectivity index (χ0v) is 16.3. The molecule has 3 rings (SSSR count). The quantitative estimate of drug-likeness (QED) is 0.711. The number of ether oxygens (including phenoxy) is 2. The third kappa shape index (κ3) is 4.82. The number of nitrogens with zero attached hydrogens (tertiary/aromatic N) is 1. The van der Waals surface area contributed by atoms with Gasteiger partial charge in [0.25, 0.3) is 5.91 Å². The molecule has 2 aromatic rings. The number of hydrogen-bond acceptors (Lipinski definition) is 4. The monoisotopic (exact) mass is 382 g/mol. The van der Waals surface area contributed by atoms with Gasteiger partial charge in [0.15, 0.2) is 0 Å². The largest absolute Gasteiger partial charge is 0.497 e. The third-order valence-corrected chi connectivity index (χ3v) is 4.73. The molecular weight excluding hydrogens is 356 g/mol. The number of amides is 2. The highest BCUT2D eigenvalue weighted by Gasteiger charge is 2.31. The normalized spacial score (nSPS) is 16.1. The van der Waals surface area contributed by atoms with Crippen molar-refractivity contribution in [2.75, 3.05) is 25.2 Å². The first kappa shape index (κ1) is 19.7. The van der Waals surface area contributed by atoms with Gasteiger partial charge < -0.3 is 19.7 Å². The van der Waals surface area contributed by atoms with E-state index in [9.17, 15) is 9.59 Å². The van der Waals surface area contributed by atoms with Gasteiger partial charge in [-0.2, -0.15) is 0 Å². The summed E-state index contributed by atoms with van der Waals surface area (Å²) in [6.07, 6.45) is 2.37. The highest BCUT2D eigenvalue weighted by atomic mass is 16.5. The number of benzene rings is 2. The molecule has 0 radical (unpaired) electrons. The fourth-order valence-corrected chi connectivity index (χ4v) is 3.12. The molecule has 1 saturated heterocycles. The number of nitrogens with one attached hydrogen (secondary N) is 1. The molecule has 2 amide bonds. The van der Waals surface area contributed by atoms with Crippen LogP contribution in [0, 0.1) is 0 Å². The van der Waals surface area contributed by atoms with Crippen molar-refractivity contribution in [3.05, 3.63) is 54.1 Å². The second-order valence-corrected chi connectivity index (χ2v) is 6.80. The van der Waals surface area contributed by atoms with Crippen molar-refractivity contribution in [3.63, 3.8) is 0 Å². The lowest BCUT2D eigenvalue weighted by Crippen LogP contribution is -2.37. The predicted octanol–water partition coefficient (Wildman–Crippen LogP) is 3.41. The molecule has 0 spiro atoms. The Hall–Kier alpha value is -3.02. The molecule has 6 heteroatoms. The standard InChI is InChI=1S/C22H26N2O4/c1-3-4-13-28-20-9-5-16(6-10-20)22(26)23-17-14-21(25)24(15-17)18-7-11-19(27-2)12-8-18/h5-12,17H,3-4,13-15H2,1-2H3,(H,23,26). The van der Waals surface area contributed by atoms with E-state index in [2.05, 4.69) is 12.2 Å². The summed E-state index contributed by atoms with van der Waals surface area (Å²) in [6.45, 7) is 3.24. The fourth-order valence-electron chi connectivity index (χ4n) is 3.12. The van der Waals surface area contributed by atoms with Gasteiger partial charge in [0.2, 0.25) is 5.91 Å². The molecule has 1 aliphatic rings. The summed E-state index contributed by atoms with van der Waals surface area (Å²) in [5, 5.41) is 2.95. The topological polar surface area (TPSA) is 67.9 Å². The van der Waals surface area contributed by atoms with Crippen LogP contribution in [0.5, 0.6) is 11.5 Å². The van der Waals surface area contributed by atoms with Crippen LogP contribution >= 0.6 is 0 Å². The summed E-state index contributed by atoms with van der Waals surface area (Å²) in [5.41, 5.74) is 1.36. The average Bonchev–Trinajstić information content (AvgIpc) is 3.08. The van der Waals surface area contributed by atoms with Crippen molar-refractivity contribution in [3.8, 4) is 11.5 Å². The van der Waals surface area contributed by atoms with Gasteiger partial charge in [-0.3, -0.25) is 9.59 Å². The zero-order valence-electron chi connectivity index (χ0n) is 16.3. The zero-order chi connectivity index (χ0) is 19.9. The minimum atomic E-state index is -0.220. The SMILES string of the molecule is CCCCOc1ccc(C(=O)NC2CC(=O)N(c3ccc(OC)cc3)C2)cc1. The summed E-state index contributed by atoms with van der Waals surface area (Å²) in [5.74, 6) is 1.30. The first-order valence-electron chi connectivity index (χ1n) is 9.59. The van der Waals surface area contributed by atoms with Gasteiger partial charge in [0.05, 0.1) is 19.8 Å². The molecule has 6 nitrogen and oxygen atoms in total. The van der Waals surface area contributed by atoms with E-state index in [1.165, 1.54) is 0 Å². The molecule has 2 aromatic carbocycles. The number of carbonyl (C=O) groups is 2. The van der Waals surface area contributed by atoms with Gasteiger partial charge in [0, 0.05) is 24.2 Å². The molecule has 0 saturated carbocycles. The lowest BCUT2D eigenvalue weighted by molar-refractivity contribution is -0.117. The minimum Gasteiger partial charge on any atom is -0.497 e. The highest BCUT2D eigenvalue weighted by molar-refractivity contribution is 5.99. The number of unbranched alkanes of at least 4 members (excludes halogenated alkanes) is 1. The number of hydrogen-bond donors (Lipinski definition) is 1. The lowest BCUT2D eigenvalue weighted by atomic mass is 10.2. The molecule has 0 aromatic heterocycles. The van der Waals surface area contributed by atoms with Gasteiger partial charge >= 0.3 is 0 Å². The van der Waals surface area contributed by atoms with E-state index in [1.54, 1.807) is 36.3 Å². The number of rotatable bonds is 8. The average molecular weight is 382 g/mol. The number of methoxy groups -OCH3 is 1. The fraction of sp³-hybridized carbons (Fsp3) is 0.364. The van der Waals surface area contributed by atoms with E-state index in [-0.39, 0.29) is 24.3 Å². The Kier molecular flexibility index (Phi) is 6.53. The van der Waals surface area contributed by atoms with Crippen molar-refractivity contribution in [1.82, 2.24) is 5.32 Å². The maximum Gasteiger partial charge on any atom is 0.251 e. The van der Waals surface area contributed by atoms with E-state index in [1.807, 2.05) is 24.3 Å². The van der Waals surface area contributed by atoms with Crippen LogP contribution in [-0.4, -0.2) is 38.1 Å². The summed E-state index contributed by atoms with van der Waals surface area (Å²) < 4.78 is 10.8. The van der Waals surface area contributed by atoms with Crippen LogP contribution in [0.2, 0.25) is 0 Å². The number of carbonyl (C=O) groups excluding carboxylic acids is 2. The van der Waals surface area contributed by atoms with E-state index < -0.39 is 0 Å². The van der Waals surface area contributed by atoms with Crippen molar-refractivity contribution in [1.29, 1.82) is 0 Å². The minimum absolute atomic E-state index is 0.00450. The molecule has 1 unspecified atom stereocenters. The van der Waals surface area contributed by atoms with E-state index in [0.717, 1.165) is 30.0 Å². The molecule has 1 atom stereocenters. The van der Waals surface area contributed by atoms with Crippen molar-refractivity contribution in [2.24, 2.45) is 0 Å². The predicted molar refractivity (Wildman–Crippen MR) is 108 cm³/mol. The second-order valence-electron chi connectivity index (χ2n) is 6.80. The molecule has 28 heavy (non-hydrogen) atoms. The molecule has 0 aliphatic carbocycles. The molecular formula is C22H26N2O4. The first-order chi connectivity index (χ1) is 13.6. The summed E-state index contributed by atoms with van der Waals surface area (Å²) >= 11 is 0. The van der Waals surface area contributed by atoms with Gasteiger partial charge in [0.1, 0.15) is 11.5 Å². The molecule has 148 valence electrons. The smallest absolute Gasteiger partial charge is 0.251 e. The lowest BCUT2D eigenvalue weighted by Gasteiger charge is -2.17. The third-order valence-electron chi connectivity index (χ3n) is 4.73. The Morgan fingerprint density at radius 3 is 2.43 bits per heavy atom. The van der Waals surface area contributed by atoms with E-state index in [0.29, 0.717) is 18.7 Å². The molecule has 0 bridgehead atoms. The van der Waals surface area contributed by atoms with Crippen LogP contribution < -0.4 is 19.7 Å². The van der Waals surface area contributed by atoms with Crippen LogP contribution in [0.15, 0.2) is 48.5 Å². The van der Waals surface area contributed by atoms with Gasteiger partial charge in [-0.1, -0.05) is 13.3 Å². The maximum atomic E-state index is 12.5. The summed E-state index contributed by atoms with van der Waals surface area (Å²) in [4.78, 5) is 26.6. The Balaban J connectivity index is 1.56. The Morgan fingerprint density at radius 2 is 1.79 bits per heavy atom. The van der Waals surface area contributed by atoms with Crippen LogP contribution in [-0.2, 0) is 4.79 Å². The van der Waals surface area contributed by atoms with Crippen molar-refractivity contribution < 1.29 is 19.1 Å². The molecule has 1 fully saturated rings. The summed E-state index contributed by atoms with van der Waals surface area (Å²) in [6, 6.07) is 14.2. The number of anilines is 1. The molecule has 1 heterocycles. The molecule has 1 aliphatic heterocycles. The Labute approximate surface area is 165 Å². The van der Waals surface area contributed by atoms with E-state index in [4.69, 9.17) is 9.47 Å². The van der Waals surface area contributed by atoms with Crippen molar-refractivity contribution >= 4 is 17.5 Å².